The lowest BCUT2D eigenvalue weighted by Gasteiger charge is -2.10. The number of halogens is 1. The zero-order valence-electron chi connectivity index (χ0n) is 15.0. The van der Waals surface area contributed by atoms with Crippen LogP contribution in [0.3, 0.4) is 0 Å². The fraction of sp³-hybridized carbons (Fsp3) is 0.100. The molecule has 7 nitrogen and oxygen atoms in total. The Hall–Kier alpha value is -3.81. The highest BCUT2D eigenvalue weighted by molar-refractivity contribution is 5.95. The number of rotatable bonds is 4. The third-order valence-corrected chi connectivity index (χ3v) is 4.63. The van der Waals surface area contributed by atoms with Crippen LogP contribution in [0.5, 0.6) is 0 Å². The van der Waals surface area contributed by atoms with Gasteiger partial charge in [0.1, 0.15) is 17.8 Å². The van der Waals surface area contributed by atoms with Gasteiger partial charge in [0.15, 0.2) is 5.82 Å². The summed E-state index contributed by atoms with van der Waals surface area (Å²) in [5.41, 5.74) is 4.30. The summed E-state index contributed by atoms with van der Waals surface area (Å²) in [6.45, 7) is 0.471. The molecule has 138 valence electrons. The predicted molar refractivity (Wildman–Crippen MR) is 103 cm³/mol. The molecule has 0 amide bonds. The molecule has 0 saturated heterocycles. The van der Waals surface area contributed by atoms with E-state index >= 15 is 0 Å². The summed E-state index contributed by atoms with van der Waals surface area (Å²) in [5.74, 6) is 0.408. The van der Waals surface area contributed by atoms with E-state index in [0.29, 0.717) is 12.4 Å². The molecule has 4 aromatic heterocycles. The number of aromatic nitrogens is 7. The first-order valence-corrected chi connectivity index (χ1v) is 8.77. The standard InChI is InChI=1S/C20H16FN7/c1-27-11-24-17(26-27)10-28-12-25-18(13-2-4-14(21)5-3-13)19(28)15-6-8-22-20-16(15)7-9-23-20/h2-9,11-12H,10H2,1H3,(H,22,23). The van der Waals surface area contributed by atoms with Crippen LogP contribution in [0.25, 0.3) is 33.5 Å². The molecular weight excluding hydrogens is 357 g/mol. The summed E-state index contributed by atoms with van der Waals surface area (Å²) in [5, 5.41) is 5.36. The first-order valence-electron chi connectivity index (χ1n) is 8.77. The molecule has 4 heterocycles. The summed E-state index contributed by atoms with van der Waals surface area (Å²) in [6.07, 6.45) is 7.06. The van der Waals surface area contributed by atoms with Crippen LogP contribution in [0.1, 0.15) is 5.82 Å². The van der Waals surface area contributed by atoms with Crippen LogP contribution in [0, 0.1) is 5.82 Å². The third-order valence-electron chi connectivity index (χ3n) is 4.63. The Kier molecular flexibility index (Phi) is 3.75. The molecule has 1 N–H and O–H groups in total. The van der Waals surface area contributed by atoms with Gasteiger partial charge in [0.25, 0.3) is 0 Å². The number of nitrogens with one attached hydrogen (secondary N) is 1. The van der Waals surface area contributed by atoms with Gasteiger partial charge in [-0.3, -0.25) is 4.68 Å². The Balaban J connectivity index is 1.72. The lowest BCUT2D eigenvalue weighted by atomic mass is 10.0. The van der Waals surface area contributed by atoms with Crippen molar-refractivity contribution < 1.29 is 4.39 Å². The molecule has 0 aliphatic rings. The van der Waals surface area contributed by atoms with Gasteiger partial charge >= 0.3 is 0 Å². The van der Waals surface area contributed by atoms with Gasteiger partial charge in [-0.25, -0.2) is 19.3 Å². The molecule has 0 fully saturated rings. The molecule has 0 unspecified atom stereocenters. The van der Waals surface area contributed by atoms with Gasteiger partial charge in [-0.15, -0.1) is 0 Å². The Bertz CT molecular complexity index is 1260. The van der Waals surface area contributed by atoms with Crippen molar-refractivity contribution in [3.05, 3.63) is 73.1 Å². The molecule has 0 spiro atoms. The van der Waals surface area contributed by atoms with E-state index in [1.165, 1.54) is 12.1 Å². The fourth-order valence-corrected chi connectivity index (χ4v) is 3.38. The number of aryl methyl sites for hydroxylation is 1. The number of H-pyrrole nitrogens is 1. The highest BCUT2D eigenvalue weighted by Crippen LogP contribution is 2.35. The average molecular weight is 373 g/mol. The summed E-state index contributed by atoms with van der Waals surface area (Å²) in [6, 6.07) is 10.3. The smallest absolute Gasteiger partial charge is 0.170 e. The van der Waals surface area contributed by atoms with E-state index < -0.39 is 0 Å². The van der Waals surface area contributed by atoms with Crippen molar-refractivity contribution in [1.29, 1.82) is 0 Å². The second-order valence-corrected chi connectivity index (χ2v) is 6.51. The molecule has 5 aromatic rings. The Morgan fingerprint density at radius 2 is 1.86 bits per heavy atom. The number of fused-ring (bicyclic) bond motifs is 1. The van der Waals surface area contributed by atoms with E-state index in [1.807, 2.05) is 29.9 Å². The van der Waals surface area contributed by atoms with Gasteiger partial charge < -0.3 is 9.55 Å². The lowest BCUT2D eigenvalue weighted by Crippen LogP contribution is -2.04. The van der Waals surface area contributed by atoms with Crippen LogP contribution < -0.4 is 0 Å². The fourth-order valence-electron chi connectivity index (χ4n) is 3.38. The van der Waals surface area contributed by atoms with Gasteiger partial charge in [-0.1, -0.05) is 0 Å². The highest BCUT2D eigenvalue weighted by atomic mass is 19.1. The van der Waals surface area contributed by atoms with E-state index in [9.17, 15) is 4.39 Å². The number of nitrogens with zero attached hydrogens (tertiary/aromatic N) is 6. The molecule has 0 saturated carbocycles. The second-order valence-electron chi connectivity index (χ2n) is 6.51. The van der Waals surface area contributed by atoms with Crippen LogP contribution in [-0.2, 0) is 13.6 Å². The predicted octanol–water partition coefficient (Wildman–Crippen LogP) is 3.41. The maximum absolute atomic E-state index is 13.4. The van der Waals surface area contributed by atoms with Crippen LogP contribution >= 0.6 is 0 Å². The van der Waals surface area contributed by atoms with E-state index in [4.69, 9.17) is 0 Å². The molecular formula is C20H16FN7. The maximum Gasteiger partial charge on any atom is 0.170 e. The SMILES string of the molecule is Cn1cnc(Cn2cnc(-c3ccc(F)cc3)c2-c2ccnc3[nH]ccc23)n1. The second kappa shape index (κ2) is 6.41. The maximum atomic E-state index is 13.4. The van der Waals surface area contributed by atoms with Crippen molar-refractivity contribution in [3.63, 3.8) is 0 Å². The van der Waals surface area contributed by atoms with Gasteiger partial charge in [0.2, 0.25) is 0 Å². The zero-order valence-corrected chi connectivity index (χ0v) is 15.0. The normalized spacial score (nSPS) is 11.4. The Morgan fingerprint density at radius 1 is 1.00 bits per heavy atom. The van der Waals surface area contributed by atoms with Crippen LogP contribution in [0.2, 0.25) is 0 Å². The van der Waals surface area contributed by atoms with Crippen LogP contribution in [0.4, 0.5) is 4.39 Å². The number of imidazole rings is 1. The first kappa shape index (κ1) is 16.4. The van der Waals surface area contributed by atoms with E-state index in [1.54, 1.807) is 35.7 Å². The molecule has 1 aromatic carbocycles. The largest absolute Gasteiger partial charge is 0.346 e. The van der Waals surface area contributed by atoms with Crippen LogP contribution in [-0.4, -0.2) is 34.3 Å². The molecule has 28 heavy (non-hydrogen) atoms. The summed E-state index contributed by atoms with van der Waals surface area (Å²) in [7, 11) is 1.83. The van der Waals surface area contributed by atoms with Crippen molar-refractivity contribution in [2.24, 2.45) is 7.05 Å². The molecule has 0 aliphatic carbocycles. The van der Waals surface area contributed by atoms with Crippen molar-refractivity contribution in [1.82, 2.24) is 34.3 Å². The average Bonchev–Trinajstić information content (AvgIpc) is 3.42. The molecule has 0 aliphatic heterocycles. The third kappa shape index (κ3) is 2.75. The molecule has 0 bridgehead atoms. The molecule has 0 radical (unpaired) electrons. The zero-order chi connectivity index (χ0) is 19.1. The Morgan fingerprint density at radius 3 is 2.64 bits per heavy atom. The summed E-state index contributed by atoms with van der Waals surface area (Å²) in [4.78, 5) is 16.5. The first-order chi connectivity index (χ1) is 13.7. The monoisotopic (exact) mass is 373 g/mol. The van der Waals surface area contributed by atoms with E-state index in [2.05, 4.69) is 25.0 Å². The van der Waals surface area contributed by atoms with Gasteiger partial charge in [-0.05, 0) is 36.4 Å². The molecule has 0 atom stereocenters. The quantitative estimate of drug-likeness (QED) is 0.524. The van der Waals surface area contributed by atoms with Crippen molar-refractivity contribution in [3.8, 4) is 22.5 Å². The number of hydrogen-bond acceptors (Lipinski definition) is 4. The number of benzene rings is 1. The number of pyridine rings is 1. The minimum Gasteiger partial charge on any atom is -0.346 e. The van der Waals surface area contributed by atoms with Gasteiger partial charge in [0.05, 0.1) is 24.3 Å². The topological polar surface area (TPSA) is 77.2 Å². The highest BCUT2D eigenvalue weighted by Gasteiger charge is 2.19. The minimum atomic E-state index is -0.278. The van der Waals surface area contributed by atoms with Crippen molar-refractivity contribution >= 4 is 11.0 Å². The van der Waals surface area contributed by atoms with Gasteiger partial charge in [-0.2, -0.15) is 5.10 Å². The lowest BCUT2D eigenvalue weighted by molar-refractivity contribution is 0.628. The summed E-state index contributed by atoms with van der Waals surface area (Å²) >= 11 is 0. The molecule has 5 rings (SSSR count). The Labute approximate surface area is 159 Å². The van der Waals surface area contributed by atoms with Crippen molar-refractivity contribution in [2.75, 3.05) is 0 Å². The minimum absolute atomic E-state index is 0.278. The van der Waals surface area contributed by atoms with Crippen LogP contribution in [0.15, 0.2) is 61.4 Å². The van der Waals surface area contributed by atoms with E-state index in [0.717, 1.165) is 33.5 Å². The van der Waals surface area contributed by atoms with E-state index in [-0.39, 0.29) is 5.82 Å². The van der Waals surface area contributed by atoms with Crippen molar-refractivity contribution in [2.45, 2.75) is 6.54 Å². The molecule has 8 heteroatoms. The summed E-state index contributed by atoms with van der Waals surface area (Å²) < 4.78 is 17.1. The number of hydrogen-bond donors (Lipinski definition) is 1. The van der Waals surface area contributed by atoms with Gasteiger partial charge in [0, 0.05) is 36.0 Å². The number of aromatic amines is 1.